The number of fused-ring (bicyclic) bond motifs is 1. The molecule has 108 valence electrons. The fraction of sp³-hybridized carbons (Fsp3) is 0.214. The molecule has 2 heterocycles. The minimum Gasteiger partial charge on any atom is -0.375 e. The van der Waals surface area contributed by atoms with Crippen molar-refractivity contribution in [3.8, 4) is 0 Å². The quantitative estimate of drug-likeness (QED) is 0.566. The lowest BCUT2D eigenvalue weighted by Crippen LogP contribution is -1.98. The van der Waals surface area contributed by atoms with Gasteiger partial charge in [0.25, 0.3) is 0 Å². The highest BCUT2D eigenvalue weighted by Gasteiger charge is 2.14. The Bertz CT molecular complexity index is 757. The molecule has 0 aliphatic carbocycles. The number of nitrogens with zero attached hydrogens (tertiary/aromatic N) is 3. The average Bonchev–Trinajstić information content (AvgIpc) is 2.87. The minimum atomic E-state index is 0.268. The molecule has 3 rings (SSSR count). The summed E-state index contributed by atoms with van der Waals surface area (Å²) >= 11 is 3.01. The van der Waals surface area contributed by atoms with Crippen molar-refractivity contribution < 1.29 is 0 Å². The number of nitrogen functional groups attached to an aromatic ring is 1. The van der Waals surface area contributed by atoms with Crippen molar-refractivity contribution in [1.82, 2.24) is 15.0 Å². The zero-order chi connectivity index (χ0) is 14.8. The number of hydrogen-bond acceptors (Lipinski definition) is 7. The van der Waals surface area contributed by atoms with Crippen LogP contribution in [0.2, 0.25) is 0 Å². The molecule has 0 bridgehead atoms. The Hall–Kier alpha value is -1.86. The SMILES string of the molecule is CNc1nc(SC(C)c2ccccc2)nc2nc(N)sc12. The Morgan fingerprint density at radius 3 is 2.67 bits per heavy atom. The van der Waals surface area contributed by atoms with Gasteiger partial charge in [-0.05, 0) is 12.5 Å². The Morgan fingerprint density at radius 1 is 1.19 bits per heavy atom. The van der Waals surface area contributed by atoms with E-state index in [1.54, 1.807) is 11.8 Å². The maximum Gasteiger partial charge on any atom is 0.192 e. The fourth-order valence-electron chi connectivity index (χ4n) is 1.99. The molecule has 0 radical (unpaired) electrons. The molecule has 0 amide bonds. The first-order chi connectivity index (χ1) is 10.2. The normalized spacial score (nSPS) is 12.5. The third kappa shape index (κ3) is 2.93. The molecule has 0 saturated heterocycles. The van der Waals surface area contributed by atoms with E-state index in [2.05, 4.69) is 39.3 Å². The maximum absolute atomic E-state index is 5.76. The molecule has 5 nitrogen and oxygen atoms in total. The molecule has 0 aliphatic heterocycles. The van der Waals surface area contributed by atoms with Crippen LogP contribution in [0.25, 0.3) is 10.3 Å². The van der Waals surface area contributed by atoms with Crippen LogP contribution in [0, 0.1) is 0 Å². The number of rotatable bonds is 4. The topological polar surface area (TPSA) is 76.7 Å². The number of benzene rings is 1. The zero-order valence-electron chi connectivity index (χ0n) is 11.7. The van der Waals surface area contributed by atoms with Crippen LogP contribution in [-0.4, -0.2) is 22.0 Å². The van der Waals surface area contributed by atoms with E-state index in [0.717, 1.165) is 10.5 Å². The second kappa shape index (κ2) is 5.87. The van der Waals surface area contributed by atoms with Gasteiger partial charge in [-0.3, -0.25) is 0 Å². The predicted molar refractivity (Wildman–Crippen MR) is 89.9 cm³/mol. The largest absolute Gasteiger partial charge is 0.375 e. The Morgan fingerprint density at radius 2 is 1.95 bits per heavy atom. The van der Waals surface area contributed by atoms with Gasteiger partial charge in [0.2, 0.25) is 0 Å². The summed E-state index contributed by atoms with van der Waals surface area (Å²) in [6, 6.07) is 10.3. The molecule has 1 aromatic carbocycles. The number of hydrogen-bond donors (Lipinski definition) is 2. The lowest BCUT2D eigenvalue weighted by atomic mass is 10.2. The molecule has 2 aromatic heterocycles. The molecule has 0 saturated carbocycles. The van der Waals surface area contributed by atoms with Crippen LogP contribution in [0.15, 0.2) is 35.5 Å². The van der Waals surface area contributed by atoms with Crippen molar-refractivity contribution in [2.24, 2.45) is 0 Å². The highest BCUT2D eigenvalue weighted by atomic mass is 32.2. The molecule has 0 aliphatic rings. The molecule has 0 spiro atoms. The number of nitrogens with two attached hydrogens (primary N) is 1. The van der Waals surface area contributed by atoms with Crippen molar-refractivity contribution in [2.75, 3.05) is 18.1 Å². The highest BCUT2D eigenvalue weighted by molar-refractivity contribution is 7.99. The van der Waals surface area contributed by atoms with Gasteiger partial charge in [0.15, 0.2) is 15.9 Å². The van der Waals surface area contributed by atoms with Crippen LogP contribution >= 0.6 is 23.1 Å². The van der Waals surface area contributed by atoms with E-state index in [-0.39, 0.29) is 5.25 Å². The summed E-state index contributed by atoms with van der Waals surface area (Å²) in [6.07, 6.45) is 0. The van der Waals surface area contributed by atoms with Gasteiger partial charge in [-0.25, -0.2) is 15.0 Å². The summed E-state index contributed by atoms with van der Waals surface area (Å²) in [4.78, 5) is 13.3. The number of nitrogens with one attached hydrogen (secondary N) is 1. The Kier molecular flexibility index (Phi) is 3.94. The summed E-state index contributed by atoms with van der Waals surface area (Å²) < 4.78 is 0.895. The van der Waals surface area contributed by atoms with Crippen LogP contribution in [-0.2, 0) is 0 Å². The third-order valence-corrected chi connectivity index (χ3v) is 4.94. The van der Waals surface area contributed by atoms with Gasteiger partial charge in [0.05, 0.1) is 0 Å². The molecule has 3 aromatic rings. The summed E-state index contributed by atoms with van der Waals surface area (Å²) in [5, 5.41) is 4.57. The van der Waals surface area contributed by atoms with Gasteiger partial charge < -0.3 is 11.1 Å². The van der Waals surface area contributed by atoms with Crippen molar-refractivity contribution in [2.45, 2.75) is 17.3 Å². The monoisotopic (exact) mass is 317 g/mol. The van der Waals surface area contributed by atoms with E-state index < -0.39 is 0 Å². The molecule has 0 fully saturated rings. The molecule has 3 N–H and O–H groups in total. The van der Waals surface area contributed by atoms with E-state index in [0.29, 0.717) is 15.9 Å². The van der Waals surface area contributed by atoms with E-state index in [9.17, 15) is 0 Å². The Labute approximate surface area is 131 Å². The van der Waals surface area contributed by atoms with Crippen molar-refractivity contribution in [1.29, 1.82) is 0 Å². The average molecular weight is 317 g/mol. The second-order valence-electron chi connectivity index (χ2n) is 4.48. The molecule has 1 atom stereocenters. The maximum atomic E-state index is 5.76. The lowest BCUT2D eigenvalue weighted by molar-refractivity contribution is 0.977. The number of aromatic nitrogens is 3. The number of thioether (sulfide) groups is 1. The van der Waals surface area contributed by atoms with E-state index >= 15 is 0 Å². The number of thiazole rings is 1. The highest BCUT2D eigenvalue weighted by Crippen LogP contribution is 2.36. The van der Waals surface area contributed by atoms with Crippen molar-refractivity contribution in [3.05, 3.63) is 35.9 Å². The summed E-state index contributed by atoms with van der Waals surface area (Å²) in [6.45, 7) is 2.14. The van der Waals surface area contributed by atoms with Gasteiger partial charge in [-0.1, -0.05) is 53.4 Å². The van der Waals surface area contributed by atoms with E-state index in [1.807, 2.05) is 25.2 Å². The van der Waals surface area contributed by atoms with Crippen LogP contribution < -0.4 is 11.1 Å². The first-order valence-electron chi connectivity index (χ1n) is 6.51. The van der Waals surface area contributed by atoms with Gasteiger partial charge in [-0.2, -0.15) is 0 Å². The van der Waals surface area contributed by atoms with E-state index in [4.69, 9.17) is 5.73 Å². The summed E-state index contributed by atoms with van der Waals surface area (Å²) in [7, 11) is 1.84. The first-order valence-corrected chi connectivity index (χ1v) is 8.20. The summed E-state index contributed by atoms with van der Waals surface area (Å²) in [5.41, 5.74) is 7.66. The zero-order valence-corrected chi connectivity index (χ0v) is 13.3. The van der Waals surface area contributed by atoms with Crippen molar-refractivity contribution >= 4 is 44.4 Å². The van der Waals surface area contributed by atoms with Crippen molar-refractivity contribution in [3.63, 3.8) is 0 Å². The van der Waals surface area contributed by atoms with Crippen LogP contribution in [0.4, 0.5) is 10.9 Å². The second-order valence-corrected chi connectivity index (χ2v) is 6.82. The molecule has 1 unspecified atom stereocenters. The molecular formula is C14H15N5S2. The third-order valence-electron chi connectivity index (χ3n) is 3.04. The van der Waals surface area contributed by atoms with Gasteiger partial charge >= 0.3 is 0 Å². The van der Waals surface area contributed by atoms with Gasteiger partial charge in [-0.15, -0.1) is 0 Å². The minimum absolute atomic E-state index is 0.268. The lowest BCUT2D eigenvalue weighted by Gasteiger charge is -2.11. The van der Waals surface area contributed by atoms with Gasteiger partial charge in [0.1, 0.15) is 10.5 Å². The standard InChI is InChI=1S/C14H15N5S2/c1-8(9-6-4-3-5-7-9)20-14-18-11(16-2)10-12(19-14)17-13(15)21-10/h3-8H,1-2H3,(H3,15,16,17,18,19). The van der Waals surface area contributed by atoms with Crippen LogP contribution in [0.1, 0.15) is 17.7 Å². The molecule has 7 heteroatoms. The fourth-order valence-corrected chi connectivity index (χ4v) is 3.65. The predicted octanol–water partition coefficient (Wildman–Crippen LogP) is 3.56. The van der Waals surface area contributed by atoms with Crippen LogP contribution in [0.5, 0.6) is 0 Å². The molecule has 21 heavy (non-hydrogen) atoms. The van der Waals surface area contributed by atoms with Gasteiger partial charge in [0, 0.05) is 12.3 Å². The Balaban J connectivity index is 1.93. The number of anilines is 2. The molecular weight excluding hydrogens is 302 g/mol. The van der Waals surface area contributed by atoms with E-state index in [1.165, 1.54) is 16.9 Å². The summed E-state index contributed by atoms with van der Waals surface area (Å²) in [5.74, 6) is 0.775. The van der Waals surface area contributed by atoms with Crippen LogP contribution in [0.3, 0.4) is 0 Å². The first kappa shape index (κ1) is 14.1. The smallest absolute Gasteiger partial charge is 0.192 e.